The zero-order valence-corrected chi connectivity index (χ0v) is 48.8. The molecule has 0 bridgehead atoms. The van der Waals surface area contributed by atoms with Crippen molar-refractivity contribution in [2.24, 2.45) is 0 Å². The van der Waals surface area contributed by atoms with E-state index in [1.807, 2.05) is 0 Å². The summed E-state index contributed by atoms with van der Waals surface area (Å²) >= 11 is 0. The molecule has 0 aliphatic rings. The smallest absolute Gasteiger partial charge is 0.306 e. The van der Waals surface area contributed by atoms with Gasteiger partial charge in [-0.05, 0) is 128 Å². The molecule has 6 heteroatoms. The van der Waals surface area contributed by atoms with Crippen LogP contribution in [0.25, 0.3) is 0 Å². The van der Waals surface area contributed by atoms with Crippen LogP contribution in [0.2, 0.25) is 0 Å². The van der Waals surface area contributed by atoms with E-state index < -0.39 is 6.10 Å². The zero-order valence-electron chi connectivity index (χ0n) is 48.8. The molecule has 75 heavy (non-hydrogen) atoms. The first kappa shape index (κ1) is 70.8. The molecule has 0 N–H and O–H groups in total. The summed E-state index contributed by atoms with van der Waals surface area (Å²) in [6, 6.07) is 0. The predicted molar refractivity (Wildman–Crippen MR) is 325 cm³/mol. The average molecular weight is 1040 g/mol. The summed E-state index contributed by atoms with van der Waals surface area (Å²) in [5.74, 6) is -0.923. The predicted octanol–water partition coefficient (Wildman–Crippen LogP) is 21.2. The van der Waals surface area contributed by atoms with E-state index in [0.29, 0.717) is 19.3 Å². The average Bonchev–Trinajstić information content (AvgIpc) is 3.41. The monoisotopic (exact) mass is 1040 g/mol. The highest BCUT2D eigenvalue weighted by Gasteiger charge is 2.19. The summed E-state index contributed by atoms with van der Waals surface area (Å²) in [4.78, 5) is 38.3. The molecule has 0 rings (SSSR count). The number of carbonyl (C=O) groups is 3. The molecule has 0 radical (unpaired) electrons. The maximum absolute atomic E-state index is 12.9. The van der Waals surface area contributed by atoms with Crippen LogP contribution in [0.3, 0.4) is 0 Å². The molecule has 0 spiro atoms. The molecule has 0 aliphatic heterocycles. The third-order valence-corrected chi connectivity index (χ3v) is 12.9. The van der Waals surface area contributed by atoms with Gasteiger partial charge < -0.3 is 14.2 Å². The van der Waals surface area contributed by atoms with Crippen molar-refractivity contribution in [3.8, 4) is 0 Å². The number of ether oxygens (including phenoxy) is 3. The lowest BCUT2D eigenvalue weighted by atomic mass is 10.1. The van der Waals surface area contributed by atoms with E-state index in [2.05, 4.69) is 142 Å². The van der Waals surface area contributed by atoms with Crippen LogP contribution in [0.5, 0.6) is 0 Å². The first-order valence-electron chi connectivity index (χ1n) is 31.0. The molecule has 0 aromatic heterocycles. The topological polar surface area (TPSA) is 78.9 Å². The van der Waals surface area contributed by atoms with E-state index in [1.165, 1.54) is 96.3 Å². The Hall–Kier alpha value is -4.19. The van der Waals surface area contributed by atoms with Gasteiger partial charge in [-0.3, -0.25) is 14.4 Å². The van der Waals surface area contributed by atoms with Gasteiger partial charge >= 0.3 is 17.9 Å². The summed E-state index contributed by atoms with van der Waals surface area (Å²) in [5.41, 5.74) is 0. The van der Waals surface area contributed by atoms with Gasteiger partial charge in [-0.15, -0.1) is 0 Å². The molecule has 1 atom stereocenters. The standard InChI is InChI=1S/C69H114O6/c1-4-7-10-13-16-19-22-25-28-30-31-32-33-34-35-36-37-39-41-44-47-50-53-56-59-62-68(71)74-65-66(64-73-67(70)61-58-55-52-49-46-43-40-27-24-21-18-15-12-9-6-3)75-69(72)63-60-57-54-51-48-45-42-38-29-26-23-20-17-14-11-8-5-2/h7-8,10-11,16-17,19-20,25-29,31-32,34-35,37,39-40,66H,4-6,9,12-15,18,21-24,30,33,36,38,41-65H2,1-3H3/b10-7-,11-8-,19-16-,20-17-,28-25-,29-26-,32-31-,35-34-,39-37-,40-27-. The summed E-state index contributed by atoms with van der Waals surface area (Å²) in [6.45, 7) is 6.39. The molecule has 1 unspecified atom stereocenters. The quantitative estimate of drug-likeness (QED) is 0.0261. The van der Waals surface area contributed by atoms with Crippen LogP contribution in [0.1, 0.15) is 278 Å². The maximum atomic E-state index is 12.9. The summed E-state index contributed by atoms with van der Waals surface area (Å²) in [5, 5.41) is 0. The second kappa shape index (κ2) is 62.4. The molecular formula is C69H114O6. The highest BCUT2D eigenvalue weighted by molar-refractivity contribution is 5.71. The van der Waals surface area contributed by atoms with Gasteiger partial charge in [-0.1, -0.05) is 251 Å². The van der Waals surface area contributed by atoms with Gasteiger partial charge in [0.15, 0.2) is 6.10 Å². The van der Waals surface area contributed by atoms with Gasteiger partial charge in [0, 0.05) is 19.3 Å². The van der Waals surface area contributed by atoms with Gasteiger partial charge in [0.1, 0.15) is 13.2 Å². The fourth-order valence-electron chi connectivity index (χ4n) is 8.34. The molecule has 0 saturated carbocycles. The lowest BCUT2D eigenvalue weighted by Gasteiger charge is -2.18. The van der Waals surface area contributed by atoms with Crippen LogP contribution in [0, 0.1) is 0 Å². The van der Waals surface area contributed by atoms with E-state index in [9.17, 15) is 14.4 Å². The molecule has 0 aromatic carbocycles. The van der Waals surface area contributed by atoms with Gasteiger partial charge in [-0.25, -0.2) is 0 Å². The molecule has 0 saturated heterocycles. The van der Waals surface area contributed by atoms with Crippen molar-refractivity contribution < 1.29 is 28.6 Å². The maximum Gasteiger partial charge on any atom is 0.306 e. The Labute approximate surface area is 462 Å². The number of carbonyl (C=O) groups excluding carboxylic acids is 3. The number of allylic oxidation sites excluding steroid dienone is 20. The van der Waals surface area contributed by atoms with Crippen molar-refractivity contribution in [3.63, 3.8) is 0 Å². The Morgan fingerprint density at radius 2 is 0.520 bits per heavy atom. The molecular weight excluding hydrogens is 925 g/mol. The lowest BCUT2D eigenvalue weighted by molar-refractivity contribution is -0.167. The van der Waals surface area contributed by atoms with Crippen molar-refractivity contribution >= 4 is 17.9 Å². The largest absolute Gasteiger partial charge is 0.462 e. The van der Waals surface area contributed by atoms with Gasteiger partial charge in [0.05, 0.1) is 0 Å². The number of hydrogen-bond acceptors (Lipinski definition) is 6. The van der Waals surface area contributed by atoms with Crippen molar-refractivity contribution in [2.45, 2.75) is 284 Å². The highest BCUT2D eigenvalue weighted by atomic mass is 16.6. The summed E-state index contributed by atoms with van der Waals surface area (Å²) < 4.78 is 16.9. The molecule has 0 aromatic rings. The van der Waals surface area contributed by atoms with E-state index in [1.54, 1.807) is 0 Å². The molecule has 0 amide bonds. The van der Waals surface area contributed by atoms with Crippen molar-refractivity contribution in [3.05, 3.63) is 122 Å². The van der Waals surface area contributed by atoms with E-state index in [0.717, 1.165) is 141 Å². The Morgan fingerprint density at radius 3 is 0.827 bits per heavy atom. The minimum atomic E-state index is -0.798. The first-order chi connectivity index (χ1) is 37.0. The summed E-state index contributed by atoms with van der Waals surface area (Å²) in [6.07, 6.45) is 86.2. The summed E-state index contributed by atoms with van der Waals surface area (Å²) in [7, 11) is 0. The molecule has 426 valence electrons. The van der Waals surface area contributed by atoms with Gasteiger partial charge in [0.25, 0.3) is 0 Å². The Kier molecular flexibility index (Phi) is 58.9. The molecule has 6 nitrogen and oxygen atoms in total. The lowest BCUT2D eigenvalue weighted by Crippen LogP contribution is -2.30. The number of unbranched alkanes of at least 4 members (excludes halogenated alkanes) is 24. The van der Waals surface area contributed by atoms with Crippen LogP contribution < -0.4 is 0 Å². The minimum absolute atomic E-state index is 0.0932. The third-order valence-electron chi connectivity index (χ3n) is 12.9. The molecule has 0 aliphatic carbocycles. The fraction of sp³-hybridized carbons (Fsp3) is 0.667. The van der Waals surface area contributed by atoms with Gasteiger partial charge in [-0.2, -0.15) is 0 Å². The number of esters is 3. The fourth-order valence-corrected chi connectivity index (χ4v) is 8.34. The van der Waals surface area contributed by atoms with E-state index >= 15 is 0 Å². The number of hydrogen-bond donors (Lipinski definition) is 0. The Balaban J connectivity index is 4.42. The van der Waals surface area contributed by atoms with Crippen LogP contribution >= 0.6 is 0 Å². The molecule has 0 heterocycles. The SMILES string of the molecule is CC/C=C\C/C=C\C/C=C\C/C=C\C/C=C\C/C=C\CCCCCCCCC(=O)OCC(COC(=O)CCCCCCC/C=C\CCCCCCCC)OC(=O)CCCCCCCCC/C=C\C/C=C\C/C=C\CC. The Bertz CT molecular complexity index is 1570. The highest BCUT2D eigenvalue weighted by Crippen LogP contribution is 2.15. The van der Waals surface area contributed by atoms with Crippen LogP contribution in [0.4, 0.5) is 0 Å². The van der Waals surface area contributed by atoms with Crippen LogP contribution in [-0.2, 0) is 28.6 Å². The van der Waals surface area contributed by atoms with Gasteiger partial charge in [0.2, 0.25) is 0 Å². The third kappa shape index (κ3) is 60.6. The van der Waals surface area contributed by atoms with Crippen LogP contribution in [0.15, 0.2) is 122 Å². The van der Waals surface area contributed by atoms with E-state index in [4.69, 9.17) is 14.2 Å². The first-order valence-corrected chi connectivity index (χ1v) is 31.0. The van der Waals surface area contributed by atoms with Crippen LogP contribution in [-0.4, -0.2) is 37.2 Å². The van der Waals surface area contributed by atoms with E-state index in [-0.39, 0.29) is 31.1 Å². The van der Waals surface area contributed by atoms with Crippen molar-refractivity contribution in [1.82, 2.24) is 0 Å². The molecule has 0 fully saturated rings. The number of rotatable bonds is 55. The second-order valence-electron chi connectivity index (χ2n) is 20.2. The van der Waals surface area contributed by atoms with Crippen molar-refractivity contribution in [2.75, 3.05) is 13.2 Å². The zero-order chi connectivity index (χ0) is 54.3. The van der Waals surface area contributed by atoms with Crippen molar-refractivity contribution in [1.29, 1.82) is 0 Å². The normalized spacial score (nSPS) is 12.9. The second-order valence-corrected chi connectivity index (χ2v) is 20.2. The minimum Gasteiger partial charge on any atom is -0.462 e. The Morgan fingerprint density at radius 1 is 0.280 bits per heavy atom.